The van der Waals surface area contributed by atoms with Crippen LogP contribution in [0.5, 0.6) is 0 Å². The van der Waals surface area contributed by atoms with Gasteiger partial charge < -0.3 is 19.8 Å². The molecule has 0 saturated carbocycles. The van der Waals surface area contributed by atoms with Gasteiger partial charge in [0, 0.05) is 30.1 Å². The fourth-order valence-corrected chi connectivity index (χ4v) is 4.02. The summed E-state index contributed by atoms with van der Waals surface area (Å²) in [6.45, 7) is 0.494. The van der Waals surface area contributed by atoms with Crippen molar-refractivity contribution in [1.82, 2.24) is 25.0 Å². The van der Waals surface area contributed by atoms with Gasteiger partial charge in [-0.15, -0.1) is 5.10 Å². The highest BCUT2D eigenvalue weighted by Crippen LogP contribution is 2.30. The number of amides is 2. The fourth-order valence-electron chi connectivity index (χ4n) is 4.02. The zero-order valence-corrected chi connectivity index (χ0v) is 19.5. The zero-order chi connectivity index (χ0) is 25.9. The summed E-state index contributed by atoms with van der Waals surface area (Å²) in [5.41, 5.74) is 1.24. The number of aromatic nitrogens is 4. The van der Waals surface area contributed by atoms with E-state index in [1.54, 1.807) is 40.0 Å². The van der Waals surface area contributed by atoms with E-state index in [0.717, 1.165) is 5.01 Å². The van der Waals surface area contributed by atoms with Crippen molar-refractivity contribution < 1.29 is 28.9 Å². The quantitative estimate of drug-likeness (QED) is 0.462. The normalized spacial score (nSPS) is 18.3. The number of halogens is 1. The Balaban J connectivity index is 1.25. The summed E-state index contributed by atoms with van der Waals surface area (Å²) < 4.78 is 22.0. The van der Waals surface area contributed by atoms with E-state index >= 15 is 4.39 Å². The molecule has 1 aromatic carbocycles. The summed E-state index contributed by atoms with van der Waals surface area (Å²) in [7, 11) is 0. The van der Waals surface area contributed by atoms with E-state index in [2.05, 4.69) is 20.4 Å². The summed E-state index contributed by atoms with van der Waals surface area (Å²) >= 11 is 0. The van der Waals surface area contributed by atoms with Crippen LogP contribution in [0.2, 0.25) is 0 Å². The van der Waals surface area contributed by atoms with E-state index < -0.39 is 36.6 Å². The van der Waals surface area contributed by atoms with Gasteiger partial charge >= 0.3 is 6.09 Å². The third-order valence-electron chi connectivity index (χ3n) is 5.95. The van der Waals surface area contributed by atoms with Crippen LogP contribution in [0.1, 0.15) is 0 Å². The first kappa shape index (κ1) is 24.3. The third-order valence-corrected chi connectivity index (χ3v) is 5.95. The van der Waals surface area contributed by atoms with Crippen molar-refractivity contribution in [2.75, 3.05) is 36.0 Å². The van der Waals surface area contributed by atoms with Crippen LogP contribution in [0.3, 0.4) is 0 Å². The number of anilines is 2. The SMILES string of the molecule is O=C(C(O)CO)N1CCN(c2ccc(-c3ccc(N4CC(Cn5ccnn5)OC4=O)cc3F)cn2)C=N1. The maximum Gasteiger partial charge on any atom is 0.414 e. The van der Waals surface area contributed by atoms with Gasteiger partial charge in [0.05, 0.1) is 38.1 Å². The van der Waals surface area contributed by atoms with Crippen molar-refractivity contribution in [3.63, 3.8) is 0 Å². The molecule has 0 bridgehead atoms. The molecule has 1 saturated heterocycles. The summed E-state index contributed by atoms with van der Waals surface area (Å²) in [6.07, 6.45) is 3.62. The number of aliphatic hydroxyl groups is 2. The van der Waals surface area contributed by atoms with Crippen LogP contribution in [0, 0.1) is 5.82 Å². The first-order valence-corrected chi connectivity index (χ1v) is 11.4. The summed E-state index contributed by atoms with van der Waals surface area (Å²) in [5.74, 6) is -0.665. The molecule has 2 aliphatic rings. The van der Waals surface area contributed by atoms with Crippen LogP contribution in [0.25, 0.3) is 11.1 Å². The van der Waals surface area contributed by atoms with E-state index in [1.165, 1.54) is 29.7 Å². The number of nitrogens with zero attached hydrogens (tertiary/aromatic N) is 8. The van der Waals surface area contributed by atoms with Crippen LogP contribution >= 0.6 is 0 Å². The van der Waals surface area contributed by atoms with Gasteiger partial charge in [-0.25, -0.2) is 23.9 Å². The van der Waals surface area contributed by atoms with Gasteiger partial charge in [-0.1, -0.05) is 5.21 Å². The summed E-state index contributed by atoms with van der Waals surface area (Å²) in [4.78, 5) is 31.7. The molecule has 37 heavy (non-hydrogen) atoms. The first-order valence-electron chi connectivity index (χ1n) is 11.4. The molecule has 0 spiro atoms. The van der Waals surface area contributed by atoms with Gasteiger partial charge in [0.1, 0.15) is 24.1 Å². The summed E-state index contributed by atoms with van der Waals surface area (Å²) in [5, 5.41) is 31.1. The molecule has 192 valence electrons. The molecule has 3 aromatic rings. The van der Waals surface area contributed by atoms with E-state index in [0.29, 0.717) is 35.7 Å². The number of cyclic esters (lactones) is 1. The molecule has 2 aromatic heterocycles. The topological polar surface area (TPSA) is 150 Å². The molecule has 2 unspecified atom stereocenters. The second-order valence-electron chi connectivity index (χ2n) is 8.39. The number of hydrogen-bond donors (Lipinski definition) is 2. The van der Waals surface area contributed by atoms with Crippen molar-refractivity contribution in [3.8, 4) is 11.1 Å². The molecular formula is C23H23FN8O5. The predicted molar refractivity (Wildman–Crippen MR) is 128 cm³/mol. The number of hydrazone groups is 1. The molecular weight excluding hydrogens is 487 g/mol. The number of ether oxygens (including phenoxy) is 1. The Kier molecular flexibility index (Phi) is 6.74. The number of hydrogen-bond acceptors (Lipinski definition) is 10. The molecule has 2 aliphatic heterocycles. The van der Waals surface area contributed by atoms with Crippen LogP contribution in [0.15, 0.2) is 54.0 Å². The maximum atomic E-state index is 15.1. The molecule has 0 radical (unpaired) electrons. The zero-order valence-electron chi connectivity index (χ0n) is 19.5. The molecule has 1 fully saturated rings. The smallest absolute Gasteiger partial charge is 0.414 e. The molecule has 2 N–H and O–H groups in total. The fraction of sp³-hybridized carbons (Fsp3) is 0.304. The molecule has 0 aliphatic carbocycles. The molecule has 4 heterocycles. The van der Waals surface area contributed by atoms with Crippen LogP contribution in [-0.4, -0.2) is 92.0 Å². The highest BCUT2D eigenvalue weighted by molar-refractivity contribution is 5.90. The van der Waals surface area contributed by atoms with Crippen molar-refractivity contribution in [1.29, 1.82) is 0 Å². The lowest BCUT2D eigenvalue weighted by molar-refractivity contribution is -0.142. The Bertz CT molecular complexity index is 1300. The number of carbonyl (C=O) groups excluding carboxylic acids is 2. The Hall–Kier alpha value is -4.43. The van der Waals surface area contributed by atoms with Crippen molar-refractivity contribution >= 4 is 29.8 Å². The minimum Gasteiger partial charge on any atom is -0.442 e. The lowest BCUT2D eigenvalue weighted by Gasteiger charge is -2.28. The van der Waals surface area contributed by atoms with Crippen molar-refractivity contribution in [2.24, 2.45) is 5.10 Å². The van der Waals surface area contributed by atoms with Crippen molar-refractivity contribution in [3.05, 3.63) is 54.7 Å². The summed E-state index contributed by atoms with van der Waals surface area (Å²) in [6, 6.07) is 7.92. The van der Waals surface area contributed by atoms with Crippen LogP contribution in [-0.2, 0) is 16.1 Å². The van der Waals surface area contributed by atoms with Gasteiger partial charge in [0.15, 0.2) is 6.10 Å². The number of benzene rings is 1. The van der Waals surface area contributed by atoms with Crippen LogP contribution in [0.4, 0.5) is 20.7 Å². The van der Waals surface area contributed by atoms with Gasteiger partial charge in [0.25, 0.3) is 5.91 Å². The van der Waals surface area contributed by atoms with Gasteiger partial charge in [-0.3, -0.25) is 9.69 Å². The Morgan fingerprint density at radius 2 is 2.11 bits per heavy atom. The van der Waals surface area contributed by atoms with Gasteiger partial charge in [-0.05, 0) is 30.3 Å². The second kappa shape index (κ2) is 10.3. The minimum absolute atomic E-state index is 0.199. The van der Waals surface area contributed by atoms with Gasteiger partial charge in [0.2, 0.25) is 0 Å². The minimum atomic E-state index is -1.51. The van der Waals surface area contributed by atoms with E-state index in [4.69, 9.17) is 9.84 Å². The predicted octanol–water partition coefficient (Wildman–Crippen LogP) is 0.450. The Morgan fingerprint density at radius 1 is 1.24 bits per heavy atom. The Labute approximate surface area is 210 Å². The van der Waals surface area contributed by atoms with Gasteiger partial charge in [-0.2, -0.15) is 5.10 Å². The first-order chi connectivity index (χ1) is 17.9. The monoisotopic (exact) mass is 510 g/mol. The van der Waals surface area contributed by atoms with E-state index in [1.807, 2.05) is 0 Å². The molecule has 13 nitrogen and oxygen atoms in total. The average molecular weight is 510 g/mol. The number of aliphatic hydroxyl groups excluding tert-OH is 2. The van der Waals surface area contributed by atoms with E-state index in [9.17, 15) is 14.7 Å². The standard InChI is InChI=1S/C23H23FN8O5/c24-19-9-16(31-12-17(37-23(31)36)11-30-6-5-26-28-30)2-3-18(19)15-1-4-21(25-10-15)29-7-8-32(27-14-29)22(35)20(34)13-33/h1-6,9-10,14,17,20,33-34H,7-8,11-13H2. The highest BCUT2D eigenvalue weighted by Gasteiger charge is 2.33. The second-order valence-corrected chi connectivity index (χ2v) is 8.39. The van der Waals surface area contributed by atoms with Crippen LogP contribution < -0.4 is 9.80 Å². The number of carbonyl (C=O) groups is 2. The lowest BCUT2D eigenvalue weighted by atomic mass is 10.1. The third kappa shape index (κ3) is 5.10. The maximum absolute atomic E-state index is 15.1. The molecule has 14 heteroatoms. The number of pyridine rings is 1. The number of rotatable bonds is 7. The molecule has 5 rings (SSSR count). The molecule has 2 atom stereocenters. The lowest BCUT2D eigenvalue weighted by Crippen LogP contribution is -2.45. The highest BCUT2D eigenvalue weighted by atomic mass is 19.1. The van der Waals surface area contributed by atoms with Crippen molar-refractivity contribution in [2.45, 2.75) is 18.8 Å². The van der Waals surface area contributed by atoms with E-state index in [-0.39, 0.29) is 13.1 Å². The average Bonchev–Trinajstić information content (AvgIpc) is 3.57. The Morgan fingerprint density at radius 3 is 2.76 bits per heavy atom. The molecule has 2 amide bonds. The largest absolute Gasteiger partial charge is 0.442 e.